The highest BCUT2D eigenvalue weighted by atomic mass is 16.5. The summed E-state index contributed by atoms with van der Waals surface area (Å²) < 4.78 is 5.74. The summed E-state index contributed by atoms with van der Waals surface area (Å²) in [6.45, 7) is 4.28. The largest absolute Gasteiger partial charge is 0.494 e. The molecule has 0 bridgehead atoms. The molecular weight excluding hydrogens is 274 g/mol. The van der Waals surface area contributed by atoms with E-state index in [1.54, 1.807) is 0 Å². The Morgan fingerprint density at radius 2 is 1.86 bits per heavy atom. The lowest BCUT2D eigenvalue weighted by atomic mass is 10.1. The maximum Gasteiger partial charge on any atom is 0.119 e. The first-order chi connectivity index (χ1) is 10.6. The molecular formula is C19H25NO2. The van der Waals surface area contributed by atoms with Gasteiger partial charge in [0.25, 0.3) is 0 Å². The zero-order valence-electron chi connectivity index (χ0n) is 13.4. The molecule has 118 valence electrons. The van der Waals surface area contributed by atoms with Gasteiger partial charge >= 0.3 is 0 Å². The summed E-state index contributed by atoms with van der Waals surface area (Å²) in [7, 11) is 2.03. The molecule has 0 aliphatic heterocycles. The number of nitrogens with zero attached hydrogens (tertiary/aromatic N) is 1. The number of ether oxygens (including phenoxy) is 1. The molecule has 0 radical (unpaired) electrons. The van der Waals surface area contributed by atoms with E-state index in [9.17, 15) is 5.11 Å². The van der Waals surface area contributed by atoms with E-state index in [-0.39, 0.29) is 0 Å². The molecule has 0 fully saturated rings. The van der Waals surface area contributed by atoms with Crippen molar-refractivity contribution in [2.45, 2.75) is 19.4 Å². The maximum atomic E-state index is 10.2. The lowest BCUT2D eigenvalue weighted by Crippen LogP contribution is -2.26. The van der Waals surface area contributed by atoms with Crippen molar-refractivity contribution in [2.24, 2.45) is 0 Å². The van der Waals surface area contributed by atoms with Crippen molar-refractivity contribution in [3.05, 3.63) is 65.7 Å². The van der Waals surface area contributed by atoms with Crippen molar-refractivity contribution in [1.29, 1.82) is 0 Å². The fraction of sp³-hybridized carbons (Fsp3) is 0.368. The van der Waals surface area contributed by atoms with Crippen LogP contribution in [-0.4, -0.2) is 36.8 Å². The number of aliphatic hydroxyl groups is 1. The number of aliphatic hydroxyl groups excluding tert-OH is 1. The highest BCUT2D eigenvalue weighted by Gasteiger charge is 2.09. The standard InChI is InChI=1S/C19H25NO2/c1-16-8-6-11-18(14-16)22-13-7-12-20(2)15-19(21)17-9-4-3-5-10-17/h3-6,8-11,14,19,21H,7,12-13,15H2,1-2H3/t19-/m1/s1. The minimum Gasteiger partial charge on any atom is -0.494 e. The van der Waals surface area contributed by atoms with E-state index in [0.29, 0.717) is 13.2 Å². The quantitative estimate of drug-likeness (QED) is 0.758. The van der Waals surface area contributed by atoms with Gasteiger partial charge in [0.15, 0.2) is 0 Å². The number of aryl methyl sites for hydroxylation is 1. The molecule has 0 saturated heterocycles. The number of likely N-dealkylation sites (N-methyl/N-ethyl adjacent to an activating group) is 1. The predicted molar refractivity (Wildman–Crippen MR) is 90.2 cm³/mol. The van der Waals surface area contributed by atoms with Crippen LogP contribution < -0.4 is 4.74 Å². The van der Waals surface area contributed by atoms with E-state index in [1.807, 2.05) is 55.6 Å². The molecule has 2 rings (SSSR count). The smallest absolute Gasteiger partial charge is 0.119 e. The van der Waals surface area contributed by atoms with E-state index in [1.165, 1.54) is 5.56 Å². The molecule has 22 heavy (non-hydrogen) atoms. The van der Waals surface area contributed by atoms with Crippen LogP contribution in [0.5, 0.6) is 5.75 Å². The van der Waals surface area contributed by atoms with Crippen LogP contribution in [0.1, 0.15) is 23.7 Å². The summed E-state index contributed by atoms with van der Waals surface area (Å²) in [5, 5.41) is 10.2. The first-order valence-electron chi connectivity index (χ1n) is 7.76. The molecule has 2 aromatic rings. The van der Waals surface area contributed by atoms with E-state index in [2.05, 4.69) is 17.9 Å². The summed E-state index contributed by atoms with van der Waals surface area (Å²) >= 11 is 0. The third-order valence-electron chi connectivity index (χ3n) is 3.61. The van der Waals surface area contributed by atoms with Crippen molar-refractivity contribution in [1.82, 2.24) is 4.90 Å². The fourth-order valence-electron chi connectivity index (χ4n) is 2.40. The summed E-state index contributed by atoms with van der Waals surface area (Å²) in [4.78, 5) is 2.14. The molecule has 0 unspecified atom stereocenters. The maximum absolute atomic E-state index is 10.2. The molecule has 0 heterocycles. The summed E-state index contributed by atoms with van der Waals surface area (Å²) in [6, 6.07) is 17.9. The van der Waals surface area contributed by atoms with Crippen molar-refractivity contribution in [2.75, 3.05) is 26.7 Å². The Hall–Kier alpha value is -1.84. The number of hydrogen-bond acceptors (Lipinski definition) is 3. The molecule has 0 spiro atoms. The lowest BCUT2D eigenvalue weighted by molar-refractivity contribution is 0.123. The van der Waals surface area contributed by atoms with Crippen LogP contribution in [0, 0.1) is 6.92 Å². The second kappa shape index (κ2) is 8.57. The minimum absolute atomic E-state index is 0.441. The van der Waals surface area contributed by atoms with Gasteiger partial charge in [-0.05, 0) is 43.7 Å². The Balaban J connectivity index is 1.66. The van der Waals surface area contributed by atoms with Gasteiger partial charge in [0.05, 0.1) is 12.7 Å². The first kappa shape index (κ1) is 16.5. The highest BCUT2D eigenvalue weighted by molar-refractivity contribution is 5.27. The predicted octanol–water partition coefficient (Wildman–Crippen LogP) is 3.43. The van der Waals surface area contributed by atoms with E-state index >= 15 is 0 Å². The molecule has 0 aliphatic carbocycles. The third-order valence-corrected chi connectivity index (χ3v) is 3.61. The molecule has 0 aromatic heterocycles. The van der Waals surface area contributed by atoms with E-state index < -0.39 is 6.10 Å². The van der Waals surface area contributed by atoms with Gasteiger partial charge < -0.3 is 14.7 Å². The Morgan fingerprint density at radius 1 is 1.09 bits per heavy atom. The molecule has 3 heteroatoms. The van der Waals surface area contributed by atoms with Crippen LogP contribution >= 0.6 is 0 Å². The zero-order chi connectivity index (χ0) is 15.8. The van der Waals surface area contributed by atoms with Crippen LogP contribution in [0.25, 0.3) is 0 Å². The summed E-state index contributed by atoms with van der Waals surface area (Å²) in [5.41, 5.74) is 2.17. The van der Waals surface area contributed by atoms with E-state index in [0.717, 1.165) is 24.3 Å². The van der Waals surface area contributed by atoms with Gasteiger partial charge in [-0.1, -0.05) is 42.5 Å². The number of rotatable bonds is 8. The fourth-order valence-corrected chi connectivity index (χ4v) is 2.40. The van der Waals surface area contributed by atoms with Gasteiger partial charge in [-0.2, -0.15) is 0 Å². The van der Waals surface area contributed by atoms with Gasteiger partial charge in [0.1, 0.15) is 5.75 Å². The average Bonchev–Trinajstić information content (AvgIpc) is 2.52. The highest BCUT2D eigenvalue weighted by Crippen LogP contribution is 2.14. The Morgan fingerprint density at radius 3 is 2.59 bits per heavy atom. The van der Waals surface area contributed by atoms with Crippen LogP contribution in [0.15, 0.2) is 54.6 Å². The molecule has 2 aromatic carbocycles. The minimum atomic E-state index is -0.441. The van der Waals surface area contributed by atoms with E-state index in [4.69, 9.17) is 4.74 Å². The zero-order valence-corrected chi connectivity index (χ0v) is 13.4. The average molecular weight is 299 g/mol. The summed E-state index contributed by atoms with van der Waals surface area (Å²) in [6.07, 6.45) is 0.496. The molecule has 1 atom stereocenters. The van der Waals surface area contributed by atoms with Crippen molar-refractivity contribution in [3.63, 3.8) is 0 Å². The monoisotopic (exact) mass is 299 g/mol. The van der Waals surface area contributed by atoms with Gasteiger partial charge in [-0.3, -0.25) is 0 Å². The van der Waals surface area contributed by atoms with Crippen LogP contribution in [0.4, 0.5) is 0 Å². The summed E-state index contributed by atoms with van der Waals surface area (Å²) in [5.74, 6) is 0.923. The Labute approximate surface area is 133 Å². The van der Waals surface area contributed by atoms with Gasteiger partial charge in [0, 0.05) is 13.1 Å². The Kier molecular flexibility index (Phi) is 6.44. The van der Waals surface area contributed by atoms with Crippen LogP contribution in [0.2, 0.25) is 0 Å². The van der Waals surface area contributed by atoms with Crippen LogP contribution in [0.3, 0.4) is 0 Å². The van der Waals surface area contributed by atoms with Gasteiger partial charge in [-0.15, -0.1) is 0 Å². The SMILES string of the molecule is Cc1cccc(OCCCN(C)C[C@@H](O)c2ccccc2)c1. The second-order valence-corrected chi connectivity index (χ2v) is 5.71. The number of hydrogen-bond donors (Lipinski definition) is 1. The lowest BCUT2D eigenvalue weighted by Gasteiger charge is -2.20. The molecule has 0 aliphatic rings. The molecule has 0 amide bonds. The topological polar surface area (TPSA) is 32.7 Å². The van der Waals surface area contributed by atoms with Gasteiger partial charge in [-0.25, -0.2) is 0 Å². The molecule has 0 saturated carbocycles. The Bertz CT molecular complexity index is 556. The molecule has 3 nitrogen and oxygen atoms in total. The molecule has 1 N–H and O–H groups in total. The van der Waals surface area contributed by atoms with Crippen LogP contribution in [-0.2, 0) is 0 Å². The number of benzene rings is 2. The normalized spacial score (nSPS) is 12.4. The van der Waals surface area contributed by atoms with Crippen molar-refractivity contribution in [3.8, 4) is 5.75 Å². The third kappa shape index (κ3) is 5.51. The van der Waals surface area contributed by atoms with Crippen molar-refractivity contribution < 1.29 is 9.84 Å². The van der Waals surface area contributed by atoms with Crippen molar-refractivity contribution >= 4 is 0 Å². The first-order valence-corrected chi connectivity index (χ1v) is 7.76. The van der Waals surface area contributed by atoms with Gasteiger partial charge in [0.2, 0.25) is 0 Å². The second-order valence-electron chi connectivity index (χ2n) is 5.71.